The maximum absolute atomic E-state index is 10.6. The molecule has 1 aromatic heterocycles. The maximum Gasteiger partial charge on any atom is 0.125 e. The van der Waals surface area contributed by atoms with E-state index in [9.17, 15) is 5.11 Å². The van der Waals surface area contributed by atoms with Crippen molar-refractivity contribution in [1.82, 2.24) is 10.2 Å². The van der Waals surface area contributed by atoms with Gasteiger partial charge in [0.2, 0.25) is 0 Å². The summed E-state index contributed by atoms with van der Waals surface area (Å²) >= 11 is 0. The van der Waals surface area contributed by atoms with E-state index in [1.54, 1.807) is 7.11 Å². The van der Waals surface area contributed by atoms with Crippen molar-refractivity contribution in [2.24, 2.45) is 0 Å². The van der Waals surface area contributed by atoms with Gasteiger partial charge in [-0.05, 0) is 25.5 Å². The Morgan fingerprint density at radius 1 is 1.21 bits per heavy atom. The summed E-state index contributed by atoms with van der Waals surface area (Å²) in [5.74, 6) is 0.673. The molecule has 0 aliphatic rings. The number of hydrogen-bond acceptors (Lipinski definition) is 4. The van der Waals surface area contributed by atoms with Crippen LogP contribution in [0.25, 0.3) is 0 Å². The molecule has 100 valence electrons. The van der Waals surface area contributed by atoms with Gasteiger partial charge < -0.3 is 9.84 Å². The van der Waals surface area contributed by atoms with Gasteiger partial charge in [-0.3, -0.25) is 0 Å². The van der Waals surface area contributed by atoms with Crippen molar-refractivity contribution in [1.29, 1.82) is 0 Å². The number of methoxy groups -OCH3 is 1. The first-order chi connectivity index (χ1) is 9.17. The van der Waals surface area contributed by atoms with Gasteiger partial charge in [0.15, 0.2) is 0 Å². The van der Waals surface area contributed by atoms with Gasteiger partial charge >= 0.3 is 0 Å². The van der Waals surface area contributed by atoms with Crippen LogP contribution in [0.4, 0.5) is 0 Å². The van der Waals surface area contributed by atoms with Crippen LogP contribution in [0.3, 0.4) is 0 Å². The van der Waals surface area contributed by atoms with E-state index in [0.29, 0.717) is 5.75 Å². The smallest absolute Gasteiger partial charge is 0.125 e. The zero-order valence-corrected chi connectivity index (χ0v) is 11.4. The molecule has 1 atom stereocenters. The van der Waals surface area contributed by atoms with Gasteiger partial charge in [-0.15, -0.1) is 0 Å². The summed E-state index contributed by atoms with van der Waals surface area (Å²) in [4.78, 5) is 0. The molecule has 0 fully saturated rings. The number of rotatable bonds is 4. The molecule has 0 saturated carbocycles. The van der Waals surface area contributed by atoms with Gasteiger partial charge in [-0.2, -0.15) is 10.2 Å². The SMILES string of the molecule is CCc1nnc(C)cc1C(O)c1ccccc1OC. The minimum absolute atomic E-state index is 0.673. The topological polar surface area (TPSA) is 55.2 Å². The molecule has 0 bridgehead atoms. The fourth-order valence-electron chi connectivity index (χ4n) is 2.11. The molecule has 0 aliphatic carbocycles. The summed E-state index contributed by atoms with van der Waals surface area (Å²) < 4.78 is 5.30. The highest BCUT2D eigenvalue weighted by Gasteiger charge is 2.19. The van der Waals surface area contributed by atoms with Crippen molar-refractivity contribution in [2.75, 3.05) is 7.11 Å². The molecule has 4 heteroatoms. The summed E-state index contributed by atoms with van der Waals surface area (Å²) in [5.41, 5.74) is 3.14. The lowest BCUT2D eigenvalue weighted by Crippen LogP contribution is -2.08. The van der Waals surface area contributed by atoms with Crippen LogP contribution < -0.4 is 4.74 Å². The largest absolute Gasteiger partial charge is 0.496 e. The van der Waals surface area contributed by atoms with Crippen molar-refractivity contribution in [2.45, 2.75) is 26.4 Å². The highest BCUT2D eigenvalue weighted by molar-refractivity contribution is 5.41. The van der Waals surface area contributed by atoms with E-state index in [2.05, 4.69) is 10.2 Å². The normalized spacial score (nSPS) is 12.2. The number of aromatic nitrogens is 2. The quantitative estimate of drug-likeness (QED) is 0.915. The van der Waals surface area contributed by atoms with E-state index in [1.807, 2.05) is 44.2 Å². The van der Waals surface area contributed by atoms with Crippen molar-refractivity contribution >= 4 is 0 Å². The molecular formula is C15H18N2O2. The number of aliphatic hydroxyl groups is 1. The Morgan fingerprint density at radius 2 is 1.95 bits per heavy atom. The maximum atomic E-state index is 10.6. The summed E-state index contributed by atoms with van der Waals surface area (Å²) in [7, 11) is 1.60. The molecule has 0 amide bonds. The second kappa shape index (κ2) is 5.80. The fraction of sp³-hybridized carbons (Fsp3) is 0.333. The summed E-state index contributed by atoms with van der Waals surface area (Å²) in [6.45, 7) is 3.86. The van der Waals surface area contributed by atoms with Crippen LogP contribution in [0, 0.1) is 6.92 Å². The summed E-state index contributed by atoms with van der Waals surface area (Å²) in [6.07, 6.45) is -0.0187. The highest BCUT2D eigenvalue weighted by atomic mass is 16.5. The van der Waals surface area contributed by atoms with Crippen molar-refractivity contribution in [3.8, 4) is 5.75 Å². The zero-order valence-electron chi connectivity index (χ0n) is 11.4. The molecule has 0 spiro atoms. The Balaban J connectivity index is 2.49. The molecular weight excluding hydrogens is 240 g/mol. The lowest BCUT2D eigenvalue weighted by molar-refractivity contribution is 0.212. The van der Waals surface area contributed by atoms with E-state index in [1.165, 1.54) is 0 Å². The molecule has 4 nitrogen and oxygen atoms in total. The van der Waals surface area contributed by atoms with Gasteiger partial charge in [-0.25, -0.2) is 0 Å². The van der Waals surface area contributed by atoms with Gasteiger partial charge in [0.1, 0.15) is 11.9 Å². The third kappa shape index (κ3) is 2.74. The predicted molar refractivity (Wildman–Crippen MR) is 73.2 cm³/mol. The molecule has 1 heterocycles. The Bertz CT molecular complexity index is 570. The van der Waals surface area contributed by atoms with Crippen molar-refractivity contribution in [3.05, 3.63) is 52.8 Å². The first-order valence-electron chi connectivity index (χ1n) is 6.31. The molecule has 2 rings (SSSR count). The van der Waals surface area contributed by atoms with Crippen LogP contribution in [0.2, 0.25) is 0 Å². The molecule has 1 aromatic carbocycles. The second-order valence-corrected chi connectivity index (χ2v) is 4.39. The predicted octanol–water partition coefficient (Wildman–Crippen LogP) is 2.44. The van der Waals surface area contributed by atoms with E-state index < -0.39 is 6.10 Å². The van der Waals surface area contributed by atoms with Crippen molar-refractivity contribution < 1.29 is 9.84 Å². The zero-order chi connectivity index (χ0) is 13.8. The van der Waals surface area contributed by atoms with Crippen LogP contribution in [0.1, 0.15) is 35.5 Å². The van der Waals surface area contributed by atoms with Crippen LogP contribution in [-0.4, -0.2) is 22.4 Å². The Kier molecular flexibility index (Phi) is 4.12. The number of para-hydroxylation sites is 1. The number of hydrogen-bond donors (Lipinski definition) is 1. The van der Waals surface area contributed by atoms with Gasteiger partial charge in [-0.1, -0.05) is 25.1 Å². The minimum Gasteiger partial charge on any atom is -0.496 e. The molecule has 1 N–H and O–H groups in total. The number of ether oxygens (including phenoxy) is 1. The van der Waals surface area contributed by atoms with Gasteiger partial charge in [0.25, 0.3) is 0 Å². The van der Waals surface area contributed by atoms with Crippen LogP contribution in [-0.2, 0) is 6.42 Å². The highest BCUT2D eigenvalue weighted by Crippen LogP contribution is 2.31. The molecule has 1 unspecified atom stereocenters. The first kappa shape index (κ1) is 13.5. The molecule has 19 heavy (non-hydrogen) atoms. The van der Waals surface area contributed by atoms with Crippen LogP contribution in [0.15, 0.2) is 30.3 Å². The first-order valence-corrected chi connectivity index (χ1v) is 6.31. The van der Waals surface area contributed by atoms with E-state index >= 15 is 0 Å². The summed E-state index contributed by atoms with van der Waals surface area (Å²) in [6, 6.07) is 9.34. The van der Waals surface area contributed by atoms with Crippen LogP contribution in [0.5, 0.6) is 5.75 Å². The number of aliphatic hydroxyl groups excluding tert-OH is 1. The summed E-state index contributed by atoms with van der Waals surface area (Å²) in [5, 5.41) is 18.8. The molecule has 0 aliphatic heterocycles. The minimum atomic E-state index is -0.750. The van der Waals surface area contributed by atoms with E-state index in [4.69, 9.17) is 4.74 Å². The average molecular weight is 258 g/mol. The Labute approximate surface area is 113 Å². The second-order valence-electron chi connectivity index (χ2n) is 4.39. The number of aryl methyl sites for hydroxylation is 2. The van der Waals surface area contributed by atoms with Gasteiger partial charge in [0.05, 0.1) is 18.5 Å². The third-order valence-electron chi connectivity index (χ3n) is 3.09. The van der Waals surface area contributed by atoms with Crippen LogP contribution >= 0.6 is 0 Å². The molecule has 0 radical (unpaired) electrons. The Hall–Kier alpha value is -1.94. The average Bonchev–Trinajstić information content (AvgIpc) is 2.46. The standard InChI is InChI=1S/C15H18N2O2/c1-4-13-12(9-10(2)16-17-13)15(18)11-7-5-6-8-14(11)19-3/h5-9,15,18H,4H2,1-3H3. The fourth-order valence-corrected chi connectivity index (χ4v) is 2.11. The van der Waals surface area contributed by atoms with Gasteiger partial charge in [0, 0.05) is 11.1 Å². The monoisotopic (exact) mass is 258 g/mol. The molecule has 0 saturated heterocycles. The lowest BCUT2D eigenvalue weighted by atomic mass is 9.98. The van der Waals surface area contributed by atoms with E-state index in [0.717, 1.165) is 28.9 Å². The molecule has 2 aromatic rings. The Morgan fingerprint density at radius 3 is 2.63 bits per heavy atom. The lowest BCUT2D eigenvalue weighted by Gasteiger charge is -2.17. The number of nitrogens with zero attached hydrogens (tertiary/aromatic N) is 2. The van der Waals surface area contributed by atoms with Crippen molar-refractivity contribution in [3.63, 3.8) is 0 Å². The number of benzene rings is 1. The third-order valence-corrected chi connectivity index (χ3v) is 3.09. The van der Waals surface area contributed by atoms with E-state index in [-0.39, 0.29) is 0 Å².